The molecule has 0 amide bonds. The Hall–Kier alpha value is -2.56. The van der Waals surface area contributed by atoms with E-state index in [2.05, 4.69) is 0 Å². The van der Waals surface area contributed by atoms with Crippen molar-refractivity contribution in [1.82, 2.24) is 4.57 Å². The number of para-hydroxylation sites is 1. The lowest BCUT2D eigenvalue weighted by Gasteiger charge is -2.13. The van der Waals surface area contributed by atoms with Crippen LogP contribution >= 0.6 is 0 Å². The van der Waals surface area contributed by atoms with Crippen LogP contribution in [-0.4, -0.2) is 22.2 Å². The van der Waals surface area contributed by atoms with E-state index in [1.54, 1.807) is 44.2 Å². The molecule has 0 aliphatic heterocycles. The van der Waals surface area contributed by atoms with Gasteiger partial charge in [-0.3, -0.25) is 4.79 Å². The molecule has 20 heavy (non-hydrogen) atoms. The smallest absolute Gasteiger partial charge is 0.343 e. The topological polar surface area (TPSA) is 68.5 Å². The molecule has 1 aromatic carbocycles. The fraction of sp³-hybridized carbons (Fsp3) is 0.200. The van der Waals surface area contributed by atoms with E-state index in [1.165, 1.54) is 6.07 Å². The summed E-state index contributed by atoms with van der Waals surface area (Å²) in [4.78, 5) is 23.9. The zero-order valence-corrected chi connectivity index (χ0v) is 11.3. The summed E-state index contributed by atoms with van der Waals surface area (Å²) in [5.41, 5.74) is 0.480. The Kier molecular flexibility index (Phi) is 3.89. The standard InChI is InChI=1S/C15H15NO4/c1-3-20-15(19)13-10(2)9-12(17)16(14(13)18)11-7-5-4-6-8-11/h4-9,18H,3H2,1-2H3. The van der Waals surface area contributed by atoms with Gasteiger partial charge in [-0.1, -0.05) is 18.2 Å². The van der Waals surface area contributed by atoms with Gasteiger partial charge in [-0.2, -0.15) is 0 Å². The lowest BCUT2D eigenvalue weighted by atomic mass is 10.1. The van der Waals surface area contributed by atoms with Gasteiger partial charge in [0.1, 0.15) is 5.56 Å². The fourth-order valence-corrected chi connectivity index (χ4v) is 2.00. The van der Waals surface area contributed by atoms with Crippen molar-refractivity contribution in [3.8, 4) is 11.6 Å². The maximum atomic E-state index is 12.0. The Morgan fingerprint density at radius 2 is 1.95 bits per heavy atom. The molecule has 1 N–H and O–H groups in total. The molecule has 0 atom stereocenters. The van der Waals surface area contributed by atoms with Crippen molar-refractivity contribution in [2.45, 2.75) is 13.8 Å². The molecule has 0 spiro atoms. The summed E-state index contributed by atoms with van der Waals surface area (Å²) in [6, 6.07) is 9.93. The monoisotopic (exact) mass is 273 g/mol. The van der Waals surface area contributed by atoms with Crippen molar-refractivity contribution in [2.24, 2.45) is 0 Å². The van der Waals surface area contributed by atoms with E-state index >= 15 is 0 Å². The Bertz CT molecular complexity index is 689. The van der Waals surface area contributed by atoms with E-state index in [-0.39, 0.29) is 12.2 Å². The summed E-state index contributed by atoms with van der Waals surface area (Å²) in [5.74, 6) is -1.05. The van der Waals surface area contributed by atoms with E-state index in [4.69, 9.17) is 4.74 Å². The van der Waals surface area contributed by atoms with Crippen LogP contribution in [0, 0.1) is 6.92 Å². The number of hydrogen-bond donors (Lipinski definition) is 1. The molecule has 2 rings (SSSR count). The van der Waals surface area contributed by atoms with E-state index in [9.17, 15) is 14.7 Å². The molecule has 0 radical (unpaired) electrons. The first kappa shape index (κ1) is 13.9. The van der Waals surface area contributed by atoms with Gasteiger partial charge in [0, 0.05) is 6.07 Å². The number of benzene rings is 1. The summed E-state index contributed by atoms with van der Waals surface area (Å²) in [6.45, 7) is 3.46. The number of aromatic hydroxyl groups is 1. The summed E-state index contributed by atoms with van der Waals surface area (Å²) in [5, 5.41) is 10.3. The minimum absolute atomic E-state index is 0.00954. The molecule has 0 fully saturated rings. The highest BCUT2D eigenvalue weighted by atomic mass is 16.5. The average molecular weight is 273 g/mol. The van der Waals surface area contributed by atoms with Crippen LogP contribution in [0.4, 0.5) is 0 Å². The molecule has 1 aromatic heterocycles. The lowest BCUT2D eigenvalue weighted by molar-refractivity contribution is 0.0520. The second-order valence-electron chi connectivity index (χ2n) is 4.26. The van der Waals surface area contributed by atoms with Crippen LogP contribution in [-0.2, 0) is 4.74 Å². The second-order valence-corrected chi connectivity index (χ2v) is 4.26. The van der Waals surface area contributed by atoms with Gasteiger partial charge < -0.3 is 9.84 Å². The molecule has 0 aliphatic carbocycles. The zero-order valence-electron chi connectivity index (χ0n) is 11.3. The lowest BCUT2D eigenvalue weighted by Crippen LogP contribution is -2.21. The SMILES string of the molecule is CCOC(=O)c1c(C)cc(=O)n(-c2ccccc2)c1O. The molecule has 104 valence electrons. The first-order valence-electron chi connectivity index (χ1n) is 6.24. The molecule has 2 aromatic rings. The highest BCUT2D eigenvalue weighted by molar-refractivity contribution is 5.93. The number of hydrogen-bond acceptors (Lipinski definition) is 4. The van der Waals surface area contributed by atoms with Crippen LogP contribution in [0.25, 0.3) is 5.69 Å². The number of rotatable bonds is 3. The van der Waals surface area contributed by atoms with Crippen molar-refractivity contribution < 1.29 is 14.6 Å². The van der Waals surface area contributed by atoms with Crippen LogP contribution in [0.2, 0.25) is 0 Å². The van der Waals surface area contributed by atoms with E-state index in [1.807, 2.05) is 0 Å². The predicted molar refractivity (Wildman–Crippen MR) is 74.4 cm³/mol. The third-order valence-electron chi connectivity index (χ3n) is 2.88. The number of carbonyl (C=O) groups excluding carboxylic acids is 1. The molecule has 0 unspecified atom stereocenters. The van der Waals surface area contributed by atoms with Gasteiger partial charge in [0.05, 0.1) is 12.3 Å². The highest BCUT2D eigenvalue weighted by Gasteiger charge is 2.20. The first-order chi connectivity index (χ1) is 9.56. The zero-order chi connectivity index (χ0) is 14.7. The molecular formula is C15H15NO4. The highest BCUT2D eigenvalue weighted by Crippen LogP contribution is 2.23. The van der Waals surface area contributed by atoms with Crippen LogP contribution in [0.3, 0.4) is 0 Å². The van der Waals surface area contributed by atoms with Crippen molar-refractivity contribution in [3.63, 3.8) is 0 Å². The summed E-state index contributed by atoms with van der Waals surface area (Å²) >= 11 is 0. The molecule has 5 heteroatoms. The number of esters is 1. The number of ether oxygens (including phenoxy) is 1. The number of carbonyl (C=O) groups is 1. The third-order valence-corrected chi connectivity index (χ3v) is 2.88. The van der Waals surface area contributed by atoms with Gasteiger partial charge in [-0.25, -0.2) is 9.36 Å². The van der Waals surface area contributed by atoms with E-state index in [0.717, 1.165) is 4.57 Å². The number of nitrogens with zero attached hydrogens (tertiary/aromatic N) is 1. The molecule has 5 nitrogen and oxygen atoms in total. The molecule has 0 saturated carbocycles. The summed E-state index contributed by atoms with van der Waals surface area (Å²) in [6.07, 6.45) is 0. The Morgan fingerprint density at radius 1 is 1.30 bits per heavy atom. The first-order valence-corrected chi connectivity index (χ1v) is 6.24. The predicted octanol–water partition coefficient (Wildman–Crippen LogP) is 2.03. The van der Waals surface area contributed by atoms with Gasteiger partial charge in [0.25, 0.3) is 5.56 Å². The van der Waals surface area contributed by atoms with Crippen molar-refractivity contribution >= 4 is 5.97 Å². The summed E-state index contributed by atoms with van der Waals surface area (Å²) in [7, 11) is 0. The van der Waals surface area contributed by atoms with Crippen molar-refractivity contribution in [3.05, 3.63) is 57.9 Å². The third kappa shape index (κ3) is 2.42. The van der Waals surface area contributed by atoms with Gasteiger partial charge in [-0.15, -0.1) is 0 Å². The Morgan fingerprint density at radius 3 is 2.55 bits per heavy atom. The normalized spacial score (nSPS) is 10.3. The summed E-state index contributed by atoms with van der Waals surface area (Å²) < 4.78 is 5.99. The maximum Gasteiger partial charge on any atom is 0.343 e. The maximum absolute atomic E-state index is 12.0. The molecular weight excluding hydrogens is 258 g/mol. The van der Waals surface area contributed by atoms with Crippen LogP contribution < -0.4 is 5.56 Å². The minimum atomic E-state index is -0.646. The largest absolute Gasteiger partial charge is 0.494 e. The van der Waals surface area contributed by atoms with E-state index in [0.29, 0.717) is 11.3 Å². The fourth-order valence-electron chi connectivity index (χ4n) is 2.00. The van der Waals surface area contributed by atoms with Crippen molar-refractivity contribution in [1.29, 1.82) is 0 Å². The van der Waals surface area contributed by atoms with Crippen LogP contribution in [0.15, 0.2) is 41.2 Å². The van der Waals surface area contributed by atoms with Crippen LogP contribution in [0.5, 0.6) is 5.88 Å². The average Bonchev–Trinajstić information content (AvgIpc) is 2.39. The van der Waals surface area contributed by atoms with Gasteiger partial charge >= 0.3 is 5.97 Å². The number of aromatic nitrogens is 1. The second kappa shape index (κ2) is 5.61. The van der Waals surface area contributed by atoms with Gasteiger partial charge in [0.2, 0.25) is 5.88 Å². The van der Waals surface area contributed by atoms with Crippen LogP contribution in [0.1, 0.15) is 22.8 Å². The molecule has 0 bridgehead atoms. The number of pyridine rings is 1. The Balaban J connectivity index is 2.68. The molecule has 1 heterocycles. The van der Waals surface area contributed by atoms with E-state index < -0.39 is 17.4 Å². The Labute approximate surface area is 116 Å². The minimum Gasteiger partial charge on any atom is -0.494 e. The number of aryl methyl sites for hydroxylation is 1. The molecule has 0 aliphatic rings. The molecule has 0 saturated heterocycles. The van der Waals surface area contributed by atoms with Gasteiger partial charge in [0.15, 0.2) is 0 Å². The quantitative estimate of drug-likeness (QED) is 0.869. The van der Waals surface area contributed by atoms with Gasteiger partial charge in [-0.05, 0) is 31.5 Å². The van der Waals surface area contributed by atoms with Crippen molar-refractivity contribution in [2.75, 3.05) is 6.61 Å².